The van der Waals surface area contributed by atoms with Gasteiger partial charge in [0.2, 0.25) is 10.0 Å². The van der Waals surface area contributed by atoms with E-state index in [1.807, 2.05) is 30.5 Å². The van der Waals surface area contributed by atoms with Gasteiger partial charge in [-0.1, -0.05) is 24.3 Å². The molecule has 1 heterocycles. The van der Waals surface area contributed by atoms with Crippen LogP contribution in [0.2, 0.25) is 0 Å². The van der Waals surface area contributed by atoms with Crippen molar-refractivity contribution in [3.8, 4) is 0 Å². The molecule has 8 heteroatoms. The van der Waals surface area contributed by atoms with Crippen LogP contribution >= 0.6 is 0 Å². The van der Waals surface area contributed by atoms with E-state index in [4.69, 9.17) is 0 Å². The van der Waals surface area contributed by atoms with Crippen molar-refractivity contribution in [2.24, 2.45) is 0 Å². The summed E-state index contributed by atoms with van der Waals surface area (Å²) in [7, 11) is -3.67. The Hall–Kier alpha value is -2.97. The quantitative estimate of drug-likeness (QED) is 0.640. The molecule has 0 aliphatic heterocycles. The molecule has 0 saturated carbocycles. The number of sulfonamides is 1. The summed E-state index contributed by atoms with van der Waals surface area (Å²) in [5.41, 5.74) is 1.81. The molecule has 1 aromatic heterocycles. The van der Waals surface area contributed by atoms with Crippen molar-refractivity contribution in [3.63, 3.8) is 0 Å². The van der Waals surface area contributed by atoms with Gasteiger partial charge in [-0.05, 0) is 49.7 Å². The smallest absolute Gasteiger partial charge is 0.255 e. The molecule has 0 atom stereocenters. The van der Waals surface area contributed by atoms with Crippen LogP contribution in [-0.4, -0.2) is 30.1 Å². The summed E-state index contributed by atoms with van der Waals surface area (Å²) >= 11 is 0. The molecule has 0 spiro atoms. The average Bonchev–Trinajstić information content (AvgIpc) is 3.15. The molecule has 2 aromatic carbocycles. The highest BCUT2D eigenvalue weighted by molar-refractivity contribution is 7.89. The lowest BCUT2D eigenvalue weighted by Crippen LogP contribution is -2.30. The van der Waals surface area contributed by atoms with Crippen LogP contribution in [0.4, 0.5) is 5.69 Å². The van der Waals surface area contributed by atoms with Gasteiger partial charge in [0.1, 0.15) is 0 Å². The lowest BCUT2D eigenvalue weighted by Gasteiger charge is -2.13. The normalized spacial score (nSPS) is 11.5. The predicted octanol–water partition coefficient (Wildman–Crippen LogP) is 2.87. The SMILES string of the molecule is CC(C)NS(=O)(=O)c1cccc(C(=O)Nc2ccccc2Cn2cccn2)c1. The largest absolute Gasteiger partial charge is 0.322 e. The maximum atomic E-state index is 12.7. The number of benzene rings is 2. The maximum Gasteiger partial charge on any atom is 0.255 e. The second kappa shape index (κ2) is 8.37. The Balaban J connectivity index is 1.82. The molecule has 0 unspecified atom stereocenters. The number of aromatic nitrogens is 2. The van der Waals surface area contributed by atoms with Gasteiger partial charge in [0.15, 0.2) is 0 Å². The van der Waals surface area contributed by atoms with Crippen molar-refractivity contribution >= 4 is 21.6 Å². The first-order valence-electron chi connectivity index (χ1n) is 8.84. The van der Waals surface area contributed by atoms with Gasteiger partial charge in [0, 0.05) is 29.7 Å². The second-order valence-corrected chi connectivity index (χ2v) is 8.33. The first-order chi connectivity index (χ1) is 13.3. The molecule has 28 heavy (non-hydrogen) atoms. The van der Waals surface area contributed by atoms with Gasteiger partial charge in [0.05, 0.1) is 11.4 Å². The monoisotopic (exact) mass is 398 g/mol. The van der Waals surface area contributed by atoms with Gasteiger partial charge in [-0.2, -0.15) is 5.10 Å². The zero-order valence-electron chi connectivity index (χ0n) is 15.7. The Morgan fingerprint density at radius 3 is 2.61 bits per heavy atom. The first kappa shape index (κ1) is 19.8. The van der Waals surface area contributed by atoms with Crippen LogP contribution in [0.3, 0.4) is 0 Å². The molecule has 3 aromatic rings. The molecule has 2 N–H and O–H groups in total. The molecular weight excluding hydrogens is 376 g/mol. The van der Waals surface area contributed by atoms with Crippen LogP contribution in [0, 0.1) is 0 Å². The minimum atomic E-state index is -3.67. The zero-order chi connectivity index (χ0) is 20.1. The van der Waals surface area contributed by atoms with Crippen molar-refractivity contribution in [3.05, 3.63) is 78.1 Å². The molecule has 0 bridgehead atoms. The lowest BCUT2D eigenvalue weighted by atomic mass is 10.1. The van der Waals surface area contributed by atoms with Crippen LogP contribution in [0.1, 0.15) is 29.8 Å². The van der Waals surface area contributed by atoms with E-state index in [2.05, 4.69) is 15.1 Å². The minimum Gasteiger partial charge on any atom is -0.322 e. The van der Waals surface area contributed by atoms with E-state index in [0.29, 0.717) is 12.2 Å². The summed E-state index contributed by atoms with van der Waals surface area (Å²) in [6.07, 6.45) is 3.53. The van der Waals surface area contributed by atoms with Gasteiger partial charge >= 0.3 is 0 Å². The van der Waals surface area contributed by atoms with Gasteiger partial charge < -0.3 is 5.32 Å². The third kappa shape index (κ3) is 4.85. The molecule has 0 aliphatic carbocycles. The van der Waals surface area contributed by atoms with Crippen LogP contribution in [-0.2, 0) is 16.6 Å². The number of hydrogen-bond acceptors (Lipinski definition) is 4. The number of carbonyl (C=O) groups is 1. The molecule has 0 aliphatic rings. The zero-order valence-corrected chi connectivity index (χ0v) is 16.5. The number of carbonyl (C=O) groups excluding carboxylic acids is 1. The third-order valence-electron chi connectivity index (χ3n) is 3.95. The van der Waals surface area contributed by atoms with Crippen molar-refractivity contribution in [2.75, 3.05) is 5.32 Å². The Labute approximate surface area is 164 Å². The van der Waals surface area contributed by atoms with E-state index in [1.165, 1.54) is 12.1 Å². The summed E-state index contributed by atoms with van der Waals surface area (Å²) in [6, 6.07) is 15.0. The number of anilines is 1. The van der Waals surface area contributed by atoms with E-state index >= 15 is 0 Å². The van der Waals surface area contributed by atoms with Crippen LogP contribution < -0.4 is 10.0 Å². The summed E-state index contributed by atoms with van der Waals surface area (Å²) in [5.74, 6) is -0.380. The highest BCUT2D eigenvalue weighted by atomic mass is 32.2. The van der Waals surface area contributed by atoms with Crippen molar-refractivity contribution in [2.45, 2.75) is 31.3 Å². The van der Waals surface area contributed by atoms with Gasteiger partial charge in [-0.15, -0.1) is 0 Å². The number of nitrogens with one attached hydrogen (secondary N) is 2. The van der Waals surface area contributed by atoms with E-state index in [0.717, 1.165) is 5.56 Å². The molecule has 1 amide bonds. The summed E-state index contributed by atoms with van der Waals surface area (Å²) < 4.78 is 29.0. The van der Waals surface area contributed by atoms with Crippen molar-refractivity contribution in [1.82, 2.24) is 14.5 Å². The summed E-state index contributed by atoms with van der Waals surface area (Å²) in [5, 5.41) is 7.05. The topological polar surface area (TPSA) is 93.1 Å². The molecule has 146 valence electrons. The average molecular weight is 398 g/mol. The maximum absolute atomic E-state index is 12.7. The van der Waals surface area contributed by atoms with Gasteiger partial charge in [0.25, 0.3) is 5.91 Å². The summed E-state index contributed by atoms with van der Waals surface area (Å²) in [6.45, 7) is 3.99. The number of para-hydroxylation sites is 1. The fourth-order valence-electron chi connectivity index (χ4n) is 2.73. The Kier molecular flexibility index (Phi) is 5.91. The standard InChI is InChI=1S/C20H22N4O3S/c1-15(2)23-28(26,27)18-9-5-8-16(13-18)20(25)22-19-10-4-3-7-17(19)14-24-12-6-11-21-24/h3-13,15,23H,14H2,1-2H3,(H,22,25). The van der Waals surface area contributed by atoms with E-state index in [1.54, 1.807) is 42.9 Å². The van der Waals surface area contributed by atoms with Crippen molar-refractivity contribution in [1.29, 1.82) is 0 Å². The number of hydrogen-bond donors (Lipinski definition) is 2. The lowest BCUT2D eigenvalue weighted by molar-refractivity contribution is 0.102. The molecule has 0 saturated heterocycles. The molecule has 0 fully saturated rings. The number of amides is 1. The van der Waals surface area contributed by atoms with Crippen LogP contribution in [0.15, 0.2) is 71.9 Å². The van der Waals surface area contributed by atoms with Gasteiger partial charge in [-0.25, -0.2) is 13.1 Å². The number of nitrogens with zero attached hydrogens (tertiary/aromatic N) is 2. The molecule has 7 nitrogen and oxygen atoms in total. The Morgan fingerprint density at radius 1 is 1.11 bits per heavy atom. The van der Waals surface area contributed by atoms with Gasteiger partial charge in [-0.3, -0.25) is 9.48 Å². The highest BCUT2D eigenvalue weighted by Crippen LogP contribution is 2.19. The summed E-state index contributed by atoms with van der Waals surface area (Å²) in [4.78, 5) is 12.8. The first-order valence-corrected chi connectivity index (χ1v) is 10.3. The number of rotatable bonds is 7. The Morgan fingerprint density at radius 2 is 1.89 bits per heavy atom. The van der Waals surface area contributed by atoms with E-state index in [9.17, 15) is 13.2 Å². The predicted molar refractivity (Wildman–Crippen MR) is 108 cm³/mol. The highest BCUT2D eigenvalue weighted by Gasteiger charge is 2.17. The second-order valence-electron chi connectivity index (χ2n) is 6.62. The van der Waals surface area contributed by atoms with E-state index < -0.39 is 10.0 Å². The van der Waals surface area contributed by atoms with Crippen molar-refractivity contribution < 1.29 is 13.2 Å². The Bertz CT molecular complexity index is 1060. The van der Waals surface area contributed by atoms with Crippen LogP contribution in [0.5, 0.6) is 0 Å². The molecule has 3 rings (SSSR count). The molecule has 0 radical (unpaired) electrons. The molecular formula is C20H22N4O3S. The third-order valence-corrected chi connectivity index (χ3v) is 5.61. The van der Waals surface area contributed by atoms with E-state index in [-0.39, 0.29) is 22.4 Å². The fraction of sp³-hybridized carbons (Fsp3) is 0.200. The fourth-order valence-corrected chi connectivity index (χ4v) is 4.02. The van der Waals surface area contributed by atoms with Crippen LogP contribution in [0.25, 0.3) is 0 Å². The minimum absolute atomic E-state index is 0.0543.